The number of aliphatic hydroxyl groups excluding tert-OH is 1. The fourth-order valence-corrected chi connectivity index (χ4v) is 1.66. The molecular formula is C12H15ClN2O5. The molecule has 7 nitrogen and oxygen atoms in total. The van der Waals surface area contributed by atoms with Gasteiger partial charge in [-0.25, -0.2) is 0 Å². The minimum atomic E-state index is -0.629. The zero-order valence-electron chi connectivity index (χ0n) is 10.7. The van der Waals surface area contributed by atoms with Crippen molar-refractivity contribution < 1.29 is 19.6 Å². The molecule has 0 spiro atoms. The molecule has 0 bridgehead atoms. The third-order valence-corrected chi connectivity index (χ3v) is 2.62. The molecule has 0 saturated heterocycles. The SMILES string of the molecule is O=C(NCCCOCCO)c1cc(Cl)ccc1[N+](=O)[O-]. The Morgan fingerprint density at radius 3 is 2.85 bits per heavy atom. The van der Waals surface area contributed by atoms with Crippen molar-refractivity contribution in [1.29, 1.82) is 0 Å². The highest BCUT2D eigenvalue weighted by Gasteiger charge is 2.19. The van der Waals surface area contributed by atoms with Crippen LogP contribution in [0.5, 0.6) is 0 Å². The standard InChI is InChI=1S/C12H15ClN2O5/c13-9-2-3-11(15(18)19)10(8-9)12(17)14-4-1-6-20-7-5-16/h2-3,8,16H,1,4-7H2,(H,14,17). The summed E-state index contributed by atoms with van der Waals surface area (Å²) in [5.74, 6) is -0.554. The Balaban J connectivity index is 2.54. The van der Waals surface area contributed by atoms with E-state index in [1.165, 1.54) is 18.2 Å². The number of benzene rings is 1. The van der Waals surface area contributed by atoms with Crippen LogP contribution in [0.3, 0.4) is 0 Å². The molecule has 0 atom stereocenters. The van der Waals surface area contributed by atoms with Crippen LogP contribution in [-0.4, -0.2) is 42.3 Å². The maximum atomic E-state index is 11.9. The van der Waals surface area contributed by atoms with E-state index in [-0.39, 0.29) is 29.5 Å². The van der Waals surface area contributed by atoms with Crippen molar-refractivity contribution in [3.05, 3.63) is 38.9 Å². The van der Waals surface area contributed by atoms with Crippen LogP contribution < -0.4 is 5.32 Å². The van der Waals surface area contributed by atoms with Crippen LogP contribution in [0.1, 0.15) is 16.8 Å². The van der Waals surface area contributed by atoms with Gasteiger partial charge in [-0.05, 0) is 18.6 Å². The number of aliphatic hydroxyl groups is 1. The molecule has 0 aromatic heterocycles. The first kappa shape index (κ1) is 16.4. The lowest BCUT2D eigenvalue weighted by atomic mass is 10.1. The minimum absolute atomic E-state index is 0.0545. The van der Waals surface area contributed by atoms with Gasteiger partial charge >= 0.3 is 0 Å². The van der Waals surface area contributed by atoms with Gasteiger partial charge in [0, 0.05) is 24.2 Å². The number of rotatable bonds is 8. The minimum Gasteiger partial charge on any atom is -0.394 e. The molecule has 1 aromatic carbocycles. The molecule has 8 heteroatoms. The molecule has 0 fully saturated rings. The molecule has 0 aliphatic rings. The van der Waals surface area contributed by atoms with E-state index in [1.807, 2.05) is 0 Å². The summed E-state index contributed by atoms with van der Waals surface area (Å²) < 4.78 is 5.02. The van der Waals surface area contributed by atoms with Crippen LogP contribution in [0.4, 0.5) is 5.69 Å². The van der Waals surface area contributed by atoms with E-state index < -0.39 is 10.8 Å². The summed E-state index contributed by atoms with van der Waals surface area (Å²) in [4.78, 5) is 22.1. The van der Waals surface area contributed by atoms with Gasteiger partial charge in [0.15, 0.2) is 0 Å². The Kier molecular flexibility index (Phi) is 6.92. The summed E-state index contributed by atoms with van der Waals surface area (Å²) in [5, 5.41) is 22.1. The zero-order valence-corrected chi connectivity index (χ0v) is 11.4. The van der Waals surface area contributed by atoms with E-state index in [4.69, 9.17) is 21.4 Å². The topological polar surface area (TPSA) is 102 Å². The summed E-state index contributed by atoms with van der Waals surface area (Å²) in [5.41, 5.74) is -0.359. The van der Waals surface area contributed by atoms with Gasteiger partial charge in [-0.15, -0.1) is 0 Å². The molecule has 0 unspecified atom stereocenters. The number of nitrogens with zero attached hydrogens (tertiary/aromatic N) is 1. The van der Waals surface area contributed by atoms with Crippen LogP contribution in [0.15, 0.2) is 18.2 Å². The molecule has 0 heterocycles. The van der Waals surface area contributed by atoms with Crippen LogP contribution in [-0.2, 0) is 4.74 Å². The van der Waals surface area contributed by atoms with Gasteiger partial charge in [0.05, 0.1) is 18.1 Å². The Bertz CT molecular complexity index is 481. The van der Waals surface area contributed by atoms with Crippen LogP contribution in [0.25, 0.3) is 0 Å². The quantitative estimate of drug-likeness (QED) is 0.429. The van der Waals surface area contributed by atoms with Crippen molar-refractivity contribution in [2.24, 2.45) is 0 Å². The summed E-state index contributed by atoms with van der Waals surface area (Å²) >= 11 is 5.74. The lowest BCUT2D eigenvalue weighted by molar-refractivity contribution is -0.385. The molecule has 0 aliphatic heterocycles. The van der Waals surface area contributed by atoms with Crippen LogP contribution in [0.2, 0.25) is 5.02 Å². The molecule has 110 valence electrons. The Morgan fingerprint density at radius 1 is 1.45 bits per heavy atom. The first-order valence-electron chi connectivity index (χ1n) is 5.97. The number of nitro benzene ring substituents is 1. The molecule has 0 saturated carbocycles. The lowest BCUT2D eigenvalue weighted by Gasteiger charge is -2.06. The largest absolute Gasteiger partial charge is 0.394 e. The van der Waals surface area contributed by atoms with E-state index in [0.717, 1.165) is 0 Å². The monoisotopic (exact) mass is 302 g/mol. The second-order valence-electron chi connectivity index (χ2n) is 3.86. The maximum absolute atomic E-state index is 11.9. The summed E-state index contributed by atoms with van der Waals surface area (Å²) in [6.45, 7) is 0.890. The fourth-order valence-electron chi connectivity index (χ4n) is 1.49. The van der Waals surface area contributed by atoms with Gasteiger partial charge in [0.2, 0.25) is 0 Å². The second kappa shape index (κ2) is 8.47. The van der Waals surface area contributed by atoms with E-state index in [1.54, 1.807) is 0 Å². The molecule has 1 amide bonds. The van der Waals surface area contributed by atoms with E-state index in [0.29, 0.717) is 19.6 Å². The zero-order chi connectivity index (χ0) is 15.0. The lowest BCUT2D eigenvalue weighted by Crippen LogP contribution is -2.26. The molecule has 1 rings (SSSR count). The van der Waals surface area contributed by atoms with Gasteiger partial charge in [0.1, 0.15) is 5.56 Å². The third kappa shape index (κ3) is 5.12. The third-order valence-electron chi connectivity index (χ3n) is 2.39. The van der Waals surface area contributed by atoms with Crippen molar-refractivity contribution in [3.63, 3.8) is 0 Å². The van der Waals surface area contributed by atoms with E-state index in [2.05, 4.69) is 5.32 Å². The highest BCUT2D eigenvalue weighted by molar-refractivity contribution is 6.31. The van der Waals surface area contributed by atoms with Crippen LogP contribution >= 0.6 is 11.6 Å². The normalized spacial score (nSPS) is 10.3. The highest BCUT2D eigenvalue weighted by atomic mass is 35.5. The van der Waals surface area contributed by atoms with Crippen molar-refractivity contribution >= 4 is 23.2 Å². The number of nitrogens with one attached hydrogen (secondary N) is 1. The van der Waals surface area contributed by atoms with Gasteiger partial charge in [0.25, 0.3) is 11.6 Å². The van der Waals surface area contributed by atoms with E-state index in [9.17, 15) is 14.9 Å². The highest BCUT2D eigenvalue weighted by Crippen LogP contribution is 2.22. The van der Waals surface area contributed by atoms with Gasteiger partial charge in [-0.1, -0.05) is 11.6 Å². The second-order valence-corrected chi connectivity index (χ2v) is 4.30. The van der Waals surface area contributed by atoms with Crippen molar-refractivity contribution in [2.45, 2.75) is 6.42 Å². The van der Waals surface area contributed by atoms with Gasteiger partial charge in [-0.2, -0.15) is 0 Å². The van der Waals surface area contributed by atoms with Gasteiger partial charge in [-0.3, -0.25) is 14.9 Å². The molecule has 20 heavy (non-hydrogen) atoms. The first-order chi connectivity index (χ1) is 9.56. The number of carbonyl (C=O) groups excluding carboxylic acids is 1. The van der Waals surface area contributed by atoms with Crippen molar-refractivity contribution in [2.75, 3.05) is 26.4 Å². The predicted molar refractivity (Wildman–Crippen MR) is 73.0 cm³/mol. The molecular weight excluding hydrogens is 288 g/mol. The maximum Gasteiger partial charge on any atom is 0.282 e. The average molecular weight is 303 g/mol. The number of nitro groups is 1. The Morgan fingerprint density at radius 2 is 2.20 bits per heavy atom. The Hall–Kier alpha value is -1.70. The summed E-state index contributed by atoms with van der Waals surface area (Å²) in [6.07, 6.45) is 0.542. The fraction of sp³-hybridized carbons (Fsp3) is 0.417. The molecule has 1 aromatic rings. The predicted octanol–water partition coefficient (Wildman–Crippen LogP) is 1.38. The number of amides is 1. The molecule has 2 N–H and O–H groups in total. The Labute approximate surface area is 120 Å². The summed E-state index contributed by atoms with van der Waals surface area (Å²) in [6, 6.07) is 3.82. The number of ether oxygens (including phenoxy) is 1. The first-order valence-corrected chi connectivity index (χ1v) is 6.34. The van der Waals surface area contributed by atoms with Gasteiger partial charge < -0.3 is 15.2 Å². The number of carbonyl (C=O) groups is 1. The number of halogens is 1. The molecule has 0 radical (unpaired) electrons. The van der Waals surface area contributed by atoms with Crippen molar-refractivity contribution in [3.8, 4) is 0 Å². The van der Waals surface area contributed by atoms with E-state index >= 15 is 0 Å². The number of hydrogen-bond donors (Lipinski definition) is 2. The average Bonchev–Trinajstić information content (AvgIpc) is 2.42. The van der Waals surface area contributed by atoms with Crippen molar-refractivity contribution in [1.82, 2.24) is 5.32 Å². The van der Waals surface area contributed by atoms with Crippen LogP contribution in [0, 0.1) is 10.1 Å². The molecule has 0 aliphatic carbocycles. The summed E-state index contributed by atoms with van der Waals surface area (Å²) in [7, 11) is 0. The number of hydrogen-bond acceptors (Lipinski definition) is 5. The smallest absolute Gasteiger partial charge is 0.282 e.